The van der Waals surface area contributed by atoms with Crippen LogP contribution < -0.4 is 10.6 Å². The van der Waals surface area contributed by atoms with Crippen LogP contribution in [0.15, 0.2) is 59.5 Å². The van der Waals surface area contributed by atoms with Crippen LogP contribution in [0.25, 0.3) is 22.6 Å². The van der Waals surface area contributed by atoms with Gasteiger partial charge in [0.15, 0.2) is 11.9 Å². The molecule has 192 valence electrons. The second-order valence-corrected chi connectivity index (χ2v) is 8.33. The number of rotatable bonds is 7. The minimum Gasteiger partial charge on any atom is -0.347 e. The lowest BCUT2D eigenvalue weighted by molar-refractivity contribution is 0.0946. The highest BCUT2D eigenvalue weighted by Gasteiger charge is 2.12. The molecule has 0 aliphatic heterocycles. The molecule has 0 unspecified atom stereocenters. The lowest BCUT2D eigenvalue weighted by Gasteiger charge is -2.08. The Balaban J connectivity index is 1.23. The van der Waals surface area contributed by atoms with Gasteiger partial charge < -0.3 is 15.2 Å². The largest absolute Gasteiger partial charge is 0.347 e. The fraction of sp³-hybridized carbons (Fsp3) is 0.115. The molecule has 0 saturated carbocycles. The van der Waals surface area contributed by atoms with Gasteiger partial charge >= 0.3 is 5.89 Å². The third-order valence-corrected chi connectivity index (χ3v) is 5.48. The quantitative estimate of drug-likeness (QED) is 0.320. The van der Waals surface area contributed by atoms with Gasteiger partial charge in [0.2, 0.25) is 0 Å². The van der Waals surface area contributed by atoms with E-state index in [4.69, 9.17) is 9.78 Å². The van der Waals surface area contributed by atoms with Gasteiger partial charge in [-0.1, -0.05) is 6.07 Å². The Bertz CT molecular complexity index is 1700. The molecule has 5 aromatic rings. The first-order valence-electron chi connectivity index (χ1n) is 11.6. The van der Waals surface area contributed by atoms with Gasteiger partial charge in [0.25, 0.3) is 11.9 Å². The molecule has 5 heterocycles. The minimum absolute atomic E-state index is 0.0895. The summed E-state index contributed by atoms with van der Waals surface area (Å²) in [5, 5.41) is 18.1. The van der Waals surface area contributed by atoms with Crippen LogP contribution in [0, 0.1) is 31.0 Å². The molecule has 39 heavy (non-hydrogen) atoms. The van der Waals surface area contributed by atoms with Crippen LogP contribution in [-0.2, 0) is 6.54 Å². The van der Waals surface area contributed by atoms with Crippen LogP contribution in [-0.4, -0.2) is 41.0 Å². The van der Waals surface area contributed by atoms with E-state index in [9.17, 15) is 9.18 Å². The molecule has 0 aromatic carbocycles. The first-order valence-corrected chi connectivity index (χ1v) is 11.6. The van der Waals surface area contributed by atoms with E-state index in [1.54, 1.807) is 56.4 Å². The number of nitrogens with zero attached hydrogens (tertiary/aromatic N) is 8. The van der Waals surface area contributed by atoms with Crippen molar-refractivity contribution in [2.45, 2.75) is 20.4 Å². The molecule has 13 heteroatoms. The Labute approximate surface area is 221 Å². The van der Waals surface area contributed by atoms with Crippen molar-refractivity contribution in [1.82, 2.24) is 40.4 Å². The fourth-order valence-corrected chi connectivity index (χ4v) is 3.58. The molecule has 0 saturated heterocycles. The highest BCUT2D eigenvalue weighted by molar-refractivity contribution is 5.92. The monoisotopic (exact) mass is 522 g/mol. The highest BCUT2D eigenvalue weighted by Crippen LogP contribution is 2.21. The van der Waals surface area contributed by atoms with Gasteiger partial charge in [-0.15, -0.1) is 0 Å². The smallest absolute Gasteiger partial charge is 0.330 e. The van der Waals surface area contributed by atoms with Crippen LogP contribution in [0.4, 0.5) is 16.2 Å². The molecule has 5 rings (SSSR count). The average Bonchev–Trinajstić information content (AvgIpc) is 3.40. The maximum absolute atomic E-state index is 13.6. The topological polar surface area (TPSA) is 168 Å². The van der Waals surface area contributed by atoms with E-state index in [0.717, 1.165) is 11.8 Å². The summed E-state index contributed by atoms with van der Waals surface area (Å²) >= 11 is 0. The molecular formula is C26H19FN10O2. The van der Waals surface area contributed by atoms with E-state index in [0.29, 0.717) is 39.9 Å². The molecule has 0 radical (unpaired) electrons. The lowest BCUT2D eigenvalue weighted by Crippen LogP contribution is -2.23. The summed E-state index contributed by atoms with van der Waals surface area (Å²) in [6.45, 7) is 3.81. The first-order chi connectivity index (χ1) is 18.9. The van der Waals surface area contributed by atoms with E-state index < -0.39 is 5.82 Å². The molecule has 0 bridgehead atoms. The fourth-order valence-electron chi connectivity index (χ4n) is 3.58. The molecule has 0 spiro atoms. The Morgan fingerprint density at radius 3 is 2.62 bits per heavy atom. The van der Waals surface area contributed by atoms with Crippen molar-refractivity contribution in [1.29, 1.82) is 5.26 Å². The zero-order chi connectivity index (χ0) is 27.4. The molecular weight excluding hydrogens is 503 g/mol. The number of amides is 1. The number of anilines is 2. The maximum Gasteiger partial charge on any atom is 0.330 e. The van der Waals surface area contributed by atoms with Crippen molar-refractivity contribution in [3.8, 4) is 28.7 Å². The third kappa shape index (κ3) is 5.86. The van der Waals surface area contributed by atoms with Crippen molar-refractivity contribution >= 4 is 17.7 Å². The van der Waals surface area contributed by atoms with Crippen molar-refractivity contribution in [3.05, 3.63) is 89.3 Å². The van der Waals surface area contributed by atoms with Crippen LogP contribution in [0.3, 0.4) is 0 Å². The highest BCUT2D eigenvalue weighted by atomic mass is 19.1. The number of halogens is 1. The Kier molecular flexibility index (Phi) is 6.91. The van der Waals surface area contributed by atoms with Gasteiger partial charge in [-0.3, -0.25) is 19.7 Å². The number of hydrogen-bond acceptors (Lipinski definition) is 11. The van der Waals surface area contributed by atoms with Gasteiger partial charge in [0.05, 0.1) is 11.9 Å². The van der Waals surface area contributed by atoms with Gasteiger partial charge in [0.1, 0.15) is 17.3 Å². The molecule has 0 fully saturated rings. The molecule has 5 aromatic heterocycles. The summed E-state index contributed by atoms with van der Waals surface area (Å²) in [4.78, 5) is 38.0. The Morgan fingerprint density at radius 1 is 1.03 bits per heavy atom. The predicted octanol–water partition coefficient (Wildman–Crippen LogP) is 3.68. The zero-order valence-corrected chi connectivity index (χ0v) is 20.7. The molecule has 0 atom stereocenters. The number of aryl methyl sites for hydroxylation is 2. The second kappa shape index (κ2) is 10.8. The third-order valence-electron chi connectivity index (χ3n) is 5.48. The molecule has 0 aliphatic rings. The number of nitrogens with one attached hydrogen (secondary N) is 2. The van der Waals surface area contributed by atoms with Crippen LogP contribution in [0.1, 0.15) is 33.3 Å². The summed E-state index contributed by atoms with van der Waals surface area (Å²) in [7, 11) is 0. The van der Waals surface area contributed by atoms with Crippen molar-refractivity contribution in [2.24, 2.45) is 0 Å². The van der Waals surface area contributed by atoms with Crippen molar-refractivity contribution < 1.29 is 13.7 Å². The predicted molar refractivity (Wildman–Crippen MR) is 136 cm³/mol. The van der Waals surface area contributed by atoms with Crippen molar-refractivity contribution in [2.75, 3.05) is 5.32 Å². The first kappa shape index (κ1) is 25.0. The lowest BCUT2D eigenvalue weighted by atomic mass is 10.1. The number of hydrogen-bond donors (Lipinski definition) is 2. The van der Waals surface area contributed by atoms with Gasteiger partial charge in [-0.05, 0) is 48.8 Å². The van der Waals surface area contributed by atoms with E-state index in [2.05, 4.69) is 45.7 Å². The number of carbonyl (C=O) groups excluding carboxylic acids is 1. The van der Waals surface area contributed by atoms with E-state index >= 15 is 0 Å². The molecule has 12 nitrogen and oxygen atoms in total. The molecule has 0 aliphatic carbocycles. The van der Waals surface area contributed by atoms with E-state index in [1.807, 2.05) is 0 Å². The Morgan fingerprint density at radius 2 is 1.90 bits per heavy atom. The normalized spacial score (nSPS) is 10.6. The average molecular weight is 523 g/mol. The standard InChI is InChI=1S/C26H19FN10O2/c1-14-7-22(35-26-36-23(9-28)39-37-26)34-24(33-14)17-4-6-21(31-12-17)25(38)32-11-16-3-5-20(30-10-16)19-8-18(27)13-29-15(19)2/h3-8,10,12-13H,11H2,1-2H3,(H,32,38)(H,33,34,35,37). The van der Waals surface area contributed by atoms with E-state index in [-0.39, 0.29) is 30.0 Å². The summed E-state index contributed by atoms with van der Waals surface area (Å²) in [6.07, 6.45) is 4.28. The van der Waals surface area contributed by atoms with Gasteiger partial charge in [0, 0.05) is 47.5 Å². The van der Waals surface area contributed by atoms with Crippen LogP contribution in [0.2, 0.25) is 0 Å². The summed E-state index contributed by atoms with van der Waals surface area (Å²) in [5.41, 5.74) is 4.10. The van der Waals surface area contributed by atoms with Crippen LogP contribution >= 0.6 is 0 Å². The van der Waals surface area contributed by atoms with Gasteiger partial charge in [-0.2, -0.15) is 10.2 Å². The Hall–Kier alpha value is -5.64. The summed E-state index contributed by atoms with van der Waals surface area (Å²) < 4.78 is 18.3. The SMILES string of the molecule is Cc1cc(Nc2noc(C#N)n2)nc(-c2ccc(C(=O)NCc3ccc(-c4cc(F)cnc4C)nc3)nc2)n1. The van der Waals surface area contributed by atoms with Crippen LogP contribution in [0.5, 0.6) is 0 Å². The maximum atomic E-state index is 13.6. The van der Waals surface area contributed by atoms with E-state index in [1.165, 1.54) is 12.3 Å². The number of pyridine rings is 3. The number of aromatic nitrogens is 7. The summed E-state index contributed by atoms with van der Waals surface area (Å²) in [5.74, 6) is -0.118. The zero-order valence-electron chi connectivity index (χ0n) is 20.7. The minimum atomic E-state index is -0.433. The molecule has 2 N–H and O–H groups in total. The van der Waals surface area contributed by atoms with Crippen molar-refractivity contribution in [3.63, 3.8) is 0 Å². The second-order valence-electron chi connectivity index (χ2n) is 8.33. The number of nitriles is 1. The summed E-state index contributed by atoms with van der Waals surface area (Å²) in [6, 6.07) is 11.6. The number of carbonyl (C=O) groups is 1. The molecule has 1 amide bonds. The van der Waals surface area contributed by atoms with Gasteiger partial charge in [-0.25, -0.2) is 14.4 Å².